The lowest BCUT2D eigenvalue weighted by molar-refractivity contribution is -0.119. The topological polar surface area (TPSA) is 66.5 Å². The molecule has 142 valence electrons. The number of amides is 1. The number of rotatable bonds is 4. The van der Waals surface area contributed by atoms with Crippen molar-refractivity contribution in [3.63, 3.8) is 0 Å². The van der Waals surface area contributed by atoms with Crippen LogP contribution in [0.25, 0.3) is 10.8 Å². The number of carbonyl (C=O) groups is 1. The van der Waals surface area contributed by atoms with E-state index in [9.17, 15) is 13.2 Å². The summed E-state index contributed by atoms with van der Waals surface area (Å²) in [6.07, 6.45) is 2.71. The van der Waals surface area contributed by atoms with E-state index in [0.29, 0.717) is 17.6 Å². The van der Waals surface area contributed by atoms with Crippen molar-refractivity contribution >= 4 is 38.1 Å². The quantitative estimate of drug-likeness (QED) is 0.731. The molecule has 1 fully saturated rings. The van der Waals surface area contributed by atoms with Crippen LogP contribution in [0.2, 0.25) is 0 Å². The van der Waals surface area contributed by atoms with E-state index in [4.69, 9.17) is 0 Å². The van der Waals surface area contributed by atoms with E-state index >= 15 is 0 Å². The van der Waals surface area contributed by atoms with Crippen molar-refractivity contribution < 1.29 is 13.2 Å². The molecule has 0 unspecified atom stereocenters. The first-order valence-corrected chi connectivity index (χ1v) is 11.0. The van der Waals surface area contributed by atoms with Gasteiger partial charge in [-0.3, -0.25) is 9.52 Å². The van der Waals surface area contributed by atoms with Crippen LogP contribution in [-0.2, 0) is 21.2 Å². The Kier molecular flexibility index (Phi) is 3.91. The molecule has 1 N–H and O–H groups in total. The smallest absolute Gasteiger partial charge is 0.262 e. The summed E-state index contributed by atoms with van der Waals surface area (Å²) >= 11 is 0. The van der Waals surface area contributed by atoms with E-state index in [-0.39, 0.29) is 16.7 Å². The predicted octanol–water partition coefficient (Wildman–Crippen LogP) is 3.94. The minimum atomic E-state index is -3.72. The Labute approximate surface area is 164 Å². The van der Waals surface area contributed by atoms with E-state index in [1.807, 2.05) is 47.4 Å². The monoisotopic (exact) mass is 392 g/mol. The normalized spacial score (nSPS) is 16.2. The maximum atomic E-state index is 13.0. The van der Waals surface area contributed by atoms with Crippen molar-refractivity contribution in [3.05, 3.63) is 66.2 Å². The molecule has 1 aliphatic carbocycles. The summed E-state index contributed by atoms with van der Waals surface area (Å²) in [5.41, 5.74) is 2.43. The first-order valence-electron chi connectivity index (χ1n) is 9.48. The molecule has 0 saturated heterocycles. The fourth-order valence-electron chi connectivity index (χ4n) is 3.88. The van der Waals surface area contributed by atoms with Crippen LogP contribution in [0, 0.1) is 5.92 Å². The minimum Gasteiger partial charge on any atom is -0.312 e. The molecule has 0 atom stereocenters. The molecule has 1 heterocycles. The summed E-state index contributed by atoms with van der Waals surface area (Å²) in [7, 11) is -3.72. The maximum Gasteiger partial charge on any atom is 0.262 e. The van der Waals surface area contributed by atoms with Gasteiger partial charge < -0.3 is 4.90 Å². The van der Waals surface area contributed by atoms with Crippen LogP contribution < -0.4 is 9.62 Å². The maximum absolute atomic E-state index is 13.0. The van der Waals surface area contributed by atoms with Crippen LogP contribution >= 0.6 is 0 Å². The zero-order valence-electron chi connectivity index (χ0n) is 15.3. The van der Waals surface area contributed by atoms with Crippen LogP contribution in [0.3, 0.4) is 0 Å². The molecule has 0 aromatic heterocycles. The van der Waals surface area contributed by atoms with Gasteiger partial charge in [-0.25, -0.2) is 8.42 Å². The van der Waals surface area contributed by atoms with Gasteiger partial charge in [0.2, 0.25) is 5.91 Å². The first-order chi connectivity index (χ1) is 13.5. The Balaban J connectivity index is 1.45. The molecular formula is C22H20N2O3S. The number of nitrogens with one attached hydrogen (secondary N) is 1. The van der Waals surface area contributed by atoms with E-state index in [0.717, 1.165) is 35.9 Å². The largest absolute Gasteiger partial charge is 0.312 e. The second-order valence-corrected chi connectivity index (χ2v) is 9.09. The standard InChI is InChI=1S/C22H20N2O3S/c25-22(16-8-9-16)24-13-12-17-14-18(10-11-20(17)24)23-28(26,27)21-7-3-5-15-4-1-2-6-19(15)21/h1-7,10-11,14,16,23H,8-9,12-13H2. The summed E-state index contributed by atoms with van der Waals surface area (Å²) in [4.78, 5) is 14.5. The molecule has 1 amide bonds. The Hall–Kier alpha value is -2.86. The highest BCUT2D eigenvalue weighted by Gasteiger charge is 2.36. The first kappa shape index (κ1) is 17.3. The molecule has 6 heteroatoms. The van der Waals surface area contributed by atoms with Crippen molar-refractivity contribution in [1.82, 2.24) is 0 Å². The number of sulfonamides is 1. The highest BCUT2D eigenvalue weighted by atomic mass is 32.2. The number of hydrogen-bond acceptors (Lipinski definition) is 3. The van der Waals surface area contributed by atoms with Gasteiger partial charge >= 0.3 is 0 Å². The molecule has 0 radical (unpaired) electrons. The molecule has 3 aromatic carbocycles. The van der Waals surface area contributed by atoms with Crippen LogP contribution in [0.15, 0.2) is 65.6 Å². The third-order valence-corrected chi connectivity index (χ3v) is 6.90. The Morgan fingerprint density at radius 3 is 2.61 bits per heavy atom. The second kappa shape index (κ2) is 6.34. The molecule has 5 nitrogen and oxygen atoms in total. The van der Waals surface area contributed by atoms with Gasteiger partial charge in [0.05, 0.1) is 4.90 Å². The lowest BCUT2D eigenvalue weighted by Gasteiger charge is -2.17. The average Bonchev–Trinajstić information content (AvgIpc) is 3.46. The number of benzene rings is 3. The SMILES string of the molecule is O=C(C1CC1)N1CCc2cc(NS(=O)(=O)c3cccc4ccccc34)ccc21. The Morgan fingerprint density at radius 1 is 1.00 bits per heavy atom. The summed E-state index contributed by atoms with van der Waals surface area (Å²) in [6.45, 7) is 0.671. The predicted molar refractivity (Wildman–Crippen MR) is 110 cm³/mol. The molecule has 5 rings (SSSR count). The van der Waals surface area contributed by atoms with Crippen molar-refractivity contribution in [2.45, 2.75) is 24.2 Å². The summed E-state index contributed by atoms with van der Waals surface area (Å²) in [6, 6.07) is 18.1. The van der Waals surface area contributed by atoms with Crippen LogP contribution in [0.5, 0.6) is 0 Å². The van der Waals surface area contributed by atoms with Crippen molar-refractivity contribution in [3.8, 4) is 0 Å². The summed E-state index contributed by atoms with van der Waals surface area (Å²) < 4.78 is 28.7. The molecule has 3 aromatic rings. The summed E-state index contributed by atoms with van der Waals surface area (Å²) in [5.74, 6) is 0.373. The Bertz CT molecular complexity index is 1190. The minimum absolute atomic E-state index is 0.176. The van der Waals surface area contributed by atoms with Gasteiger partial charge in [0.1, 0.15) is 0 Å². The third-order valence-electron chi connectivity index (χ3n) is 5.46. The lowest BCUT2D eigenvalue weighted by atomic mass is 10.1. The average molecular weight is 392 g/mol. The van der Waals surface area contributed by atoms with Gasteiger partial charge in [0, 0.05) is 29.2 Å². The number of fused-ring (bicyclic) bond motifs is 2. The van der Waals surface area contributed by atoms with E-state index in [1.165, 1.54) is 0 Å². The van der Waals surface area contributed by atoms with E-state index in [2.05, 4.69) is 4.72 Å². The molecule has 28 heavy (non-hydrogen) atoms. The molecule has 1 saturated carbocycles. The molecule has 0 spiro atoms. The number of nitrogens with zero attached hydrogens (tertiary/aromatic N) is 1. The highest BCUT2D eigenvalue weighted by molar-refractivity contribution is 7.93. The van der Waals surface area contributed by atoms with Gasteiger partial charge in [-0.1, -0.05) is 36.4 Å². The second-order valence-electron chi connectivity index (χ2n) is 7.44. The number of carbonyl (C=O) groups excluding carboxylic acids is 1. The molecular weight excluding hydrogens is 372 g/mol. The van der Waals surface area contributed by atoms with E-state index < -0.39 is 10.0 Å². The fourth-order valence-corrected chi connectivity index (χ4v) is 5.17. The van der Waals surface area contributed by atoms with Gasteiger partial charge in [-0.2, -0.15) is 0 Å². The van der Waals surface area contributed by atoms with Gasteiger partial charge in [-0.05, 0) is 54.5 Å². The van der Waals surface area contributed by atoms with Crippen LogP contribution in [0.4, 0.5) is 11.4 Å². The van der Waals surface area contributed by atoms with Gasteiger partial charge in [0.15, 0.2) is 0 Å². The van der Waals surface area contributed by atoms with Gasteiger partial charge in [0.25, 0.3) is 10.0 Å². The van der Waals surface area contributed by atoms with Crippen molar-refractivity contribution in [1.29, 1.82) is 0 Å². The van der Waals surface area contributed by atoms with Crippen molar-refractivity contribution in [2.75, 3.05) is 16.2 Å². The van der Waals surface area contributed by atoms with Crippen molar-refractivity contribution in [2.24, 2.45) is 5.92 Å². The van der Waals surface area contributed by atoms with Crippen LogP contribution in [-0.4, -0.2) is 20.9 Å². The van der Waals surface area contributed by atoms with Gasteiger partial charge in [-0.15, -0.1) is 0 Å². The molecule has 0 bridgehead atoms. The number of anilines is 2. The lowest BCUT2D eigenvalue weighted by Crippen LogP contribution is -2.30. The zero-order valence-corrected chi connectivity index (χ0v) is 16.1. The third kappa shape index (κ3) is 2.94. The Morgan fingerprint density at radius 2 is 1.79 bits per heavy atom. The van der Waals surface area contributed by atoms with Crippen LogP contribution in [0.1, 0.15) is 18.4 Å². The zero-order chi connectivity index (χ0) is 19.3. The summed E-state index contributed by atoms with van der Waals surface area (Å²) in [5, 5.41) is 1.58. The highest BCUT2D eigenvalue weighted by Crippen LogP contribution is 2.37. The number of hydrogen-bond donors (Lipinski definition) is 1. The fraction of sp³-hybridized carbons (Fsp3) is 0.227. The molecule has 1 aliphatic heterocycles. The van der Waals surface area contributed by atoms with E-state index in [1.54, 1.807) is 18.2 Å². The molecule has 2 aliphatic rings.